The third-order valence-corrected chi connectivity index (χ3v) is 3.02. The number of carbonyl (C=O) groups is 2. The maximum absolute atomic E-state index is 11.6. The summed E-state index contributed by atoms with van der Waals surface area (Å²) in [6.45, 7) is 2.47. The van der Waals surface area contributed by atoms with Gasteiger partial charge in [0.1, 0.15) is 0 Å². The highest BCUT2D eigenvalue weighted by Gasteiger charge is 2.35. The smallest absolute Gasteiger partial charge is 0.246 e. The van der Waals surface area contributed by atoms with Gasteiger partial charge in [-0.3, -0.25) is 24.8 Å². The van der Waals surface area contributed by atoms with Gasteiger partial charge >= 0.3 is 0 Å². The van der Waals surface area contributed by atoms with Gasteiger partial charge in [-0.25, -0.2) is 0 Å². The molecule has 2 amide bonds. The zero-order valence-electron chi connectivity index (χ0n) is 9.93. The van der Waals surface area contributed by atoms with E-state index in [2.05, 4.69) is 10.3 Å². The molecule has 1 saturated heterocycles. The van der Waals surface area contributed by atoms with Crippen molar-refractivity contribution < 1.29 is 9.59 Å². The summed E-state index contributed by atoms with van der Waals surface area (Å²) in [5.74, 6) is -0.297. The number of nitrogens with zero attached hydrogens (tertiary/aromatic N) is 2. The predicted octanol–water partition coefficient (Wildman–Crippen LogP) is 0.237. The van der Waals surface area contributed by atoms with Crippen molar-refractivity contribution in [2.24, 2.45) is 0 Å². The van der Waals surface area contributed by atoms with E-state index in [1.165, 1.54) is 11.9 Å². The highest BCUT2D eigenvalue weighted by atomic mass is 16.2. The fraction of sp³-hybridized carbons (Fsp3) is 0.417. The number of hydrogen-bond acceptors (Lipinski definition) is 4. The van der Waals surface area contributed by atoms with Crippen LogP contribution in [-0.4, -0.2) is 34.8 Å². The third-order valence-electron chi connectivity index (χ3n) is 3.02. The average Bonchev–Trinajstić information content (AvgIpc) is 2.56. The first-order valence-corrected chi connectivity index (χ1v) is 5.54. The van der Waals surface area contributed by atoms with Crippen LogP contribution in [0.15, 0.2) is 18.3 Å². The van der Waals surface area contributed by atoms with E-state index in [-0.39, 0.29) is 18.2 Å². The molecule has 2 rings (SSSR count). The van der Waals surface area contributed by atoms with E-state index in [0.717, 1.165) is 11.3 Å². The molecule has 1 aromatic rings. The topological polar surface area (TPSA) is 62.3 Å². The van der Waals surface area contributed by atoms with Crippen molar-refractivity contribution in [2.45, 2.75) is 25.9 Å². The molecule has 1 N–H and O–H groups in total. The summed E-state index contributed by atoms with van der Waals surface area (Å²) in [4.78, 5) is 28.4. The second-order valence-corrected chi connectivity index (χ2v) is 4.20. The molecule has 90 valence electrons. The van der Waals surface area contributed by atoms with Crippen molar-refractivity contribution in [3.63, 3.8) is 0 Å². The summed E-state index contributed by atoms with van der Waals surface area (Å²) < 4.78 is 0. The normalized spacial score (nSPS) is 20.1. The van der Waals surface area contributed by atoms with Crippen LogP contribution in [0.4, 0.5) is 0 Å². The first kappa shape index (κ1) is 11.7. The number of aromatic nitrogens is 1. The van der Waals surface area contributed by atoms with Crippen molar-refractivity contribution in [3.8, 4) is 0 Å². The van der Waals surface area contributed by atoms with Gasteiger partial charge in [0, 0.05) is 19.8 Å². The molecular weight excluding hydrogens is 218 g/mol. The Hall–Kier alpha value is -1.75. The molecule has 1 aliphatic rings. The second kappa shape index (κ2) is 4.63. The number of pyridine rings is 1. The molecule has 0 radical (unpaired) electrons. The van der Waals surface area contributed by atoms with Crippen LogP contribution in [0.5, 0.6) is 0 Å². The molecule has 5 heteroatoms. The SMILES string of the molecule is Cc1cccnc1CNC1CC(=O)N(C)C1=O. The second-order valence-electron chi connectivity index (χ2n) is 4.20. The molecule has 1 aromatic heterocycles. The summed E-state index contributed by atoms with van der Waals surface area (Å²) in [7, 11) is 1.51. The van der Waals surface area contributed by atoms with E-state index in [1.807, 2.05) is 19.1 Å². The van der Waals surface area contributed by atoms with E-state index in [9.17, 15) is 9.59 Å². The fourth-order valence-corrected chi connectivity index (χ4v) is 1.84. The lowest BCUT2D eigenvalue weighted by Crippen LogP contribution is -2.37. The van der Waals surface area contributed by atoms with Crippen LogP contribution in [0.25, 0.3) is 0 Å². The molecule has 0 bridgehead atoms. The Labute approximate surface area is 99.8 Å². The number of likely N-dealkylation sites (tertiary alicyclic amines) is 1. The molecule has 0 aliphatic carbocycles. The zero-order chi connectivity index (χ0) is 12.4. The molecular formula is C12H15N3O2. The molecule has 1 fully saturated rings. The first-order chi connectivity index (χ1) is 8.09. The molecule has 2 heterocycles. The number of carbonyl (C=O) groups excluding carboxylic acids is 2. The Morgan fingerprint density at radius 1 is 1.53 bits per heavy atom. The predicted molar refractivity (Wildman–Crippen MR) is 62.0 cm³/mol. The number of aryl methyl sites for hydroxylation is 1. The van der Waals surface area contributed by atoms with Gasteiger partial charge < -0.3 is 0 Å². The average molecular weight is 233 g/mol. The lowest BCUT2D eigenvalue weighted by molar-refractivity contribution is -0.137. The number of imide groups is 1. The Morgan fingerprint density at radius 3 is 2.88 bits per heavy atom. The van der Waals surface area contributed by atoms with E-state index < -0.39 is 6.04 Å². The molecule has 0 spiro atoms. The van der Waals surface area contributed by atoms with Gasteiger partial charge in [0.05, 0.1) is 18.2 Å². The van der Waals surface area contributed by atoms with Gasteiger partial charge in [0.25, 0.3) is 0 Å². The number of hydrogen-bond donors (Lipinski definition) is 1. The van der Waals surface area contributed by atoms with Crippen molar-refractivity contribution in [1.29, 1.82) is 0 Å². The van der Waals surface area contributed by atoms with E-state index in [4.69, 9.17) is 0 Å². The summed E-state index contributed by atoms with van der Waals surface area (Å²) in [5, 5.41) is 3.07. The molecule has 1 atom stereocenters. The Bertz CT molecular complexity index is 459. The van der Waals surface area contributed by atoms with Gasteiger partial charge in [0.2, 0.25) is 11.8 Å². The van der Waals surface area contributed by atoms with E-state index in [0.29, 0.717) is 6.54 Å². The van der Waals surface area contributed by atoms with Crippen molar-refractivity contribution in [1.82, 2.24) is 15.2 Å². The van der Waals surface area contributed by atoms with Gasteiger partial charge in [-0.15, -0.1) is 0 Å². The summed E-state index contributed by atoms with van der Waals surface area (Å²) in [6, 6.07) is 3.43. The maximum atomic E-state index is 11.6. The lowest BCUT2D eigenvalue weighted by atomic mass is 10.2. The van der Waals surface area contributed by atoms with Crippen LogP contribution in [0, 0.1) is 6.92 Å². The van der Waals surface area contributed by atoms with Crippen LogP contribution in [0.2, 0.25) is 0 Å². The highest BCUT2D eigenvalue weighted by Crippen LogP contribution is 2.11. The quantitative estimate of drug-likeness (QED) is 0.759. The highest BCUT2D eigenvalue weighted by molar-refractivity contribution is 6.05. The van der Waals surface area contributed by atoms with E-state index >= 15 is 0 Å². The Kier molecular flexibility index (Phi) is 3.19. The maximum Gasteiger partial charge on any atom is 0.246 e. The standard InChI is InChI=1S/C12H15N3O2/c1-8-4-3-5-13-10(8)7-14-9-6-11(16)15(2)12(9)17/h3-5,9,14H,6-7H2,1-2H3. The van der Waals surface area contributed by atoms with Gasteiger partial charge in [-0.2, -0.15) is 0 Å². The molecule has 1 aliphatic heterocycles. The molecule has 5 nitrogen and oxygen atoms in total. The molecule has 0 aromatic carbocycles. The molecule has 1 unspecified atom stereocenters. The van der Waals surface area contributed by atoms with Crippen LogP contribution < -0.4 is 5.32 Å². The summed E-state index contributed by atoms with van der Waals surface area (Å²) in [5.41, 5.74) is 1.98. The van der Waals surface area contributed by atoms with Crippen molar-refractivity contribution in [2.75, 3.05) is 7.05 Å². The summed E-state index contributed by atoms with van der Waals surface area (Å²) in [6.07, 6.45) is 1.96. The Balaban J connectivity index is 1.98. The zero-order valence-corrected chi connectivity index (χ0v) is 9.93. The van der Waals surface area contributed by atoms with Crippen LogP contribution in [0.1, 0.15) is 17.7 Å². The van der Waals surface area contributed by atoms with E-state index in [1.54, 1.807) is 6.20 Å². The first-order valence-electron chi connectivity index (χ1n) is 5.54. The van der Waals surface area contributed by atoms with Gasteiger partial charge in [0.15, 0.2) is 0 Å². The largest absolute Gasteiger partial charge is 0.300 e. The number of amides is 2. The minimum absolute atomic E-state index is 0.134. The number of likely N-dealkylation sites (N-methyl/N-ethyl adjacent to an activating group) is 1. The number of nitrogens with one attached hydrogen (secondary N) is 1. The van der Waals surface area contributed by atoms with Crippen LogP contribution in [-0.2, 0) is 16.1 Å². The van der Waals surface area contributed by atoms with Crippen molar-refractivity contribution >= 4 is 11.8 Å². The molecule has 17 heavy (non-hydrogen) atoms. The minimum Gasteiger partial charge on any atom is -0.300 e. The summed E-state index contributed by atoms with van der Waals surface area (Å²) >= 11 is 0. The third kappa shape index (κ3) is 2.34. The minimum atomic E-state index is -0.408. The van der Waals surface area contributed by atoms with Gasteiger partial charge in [-0.1, -0.05) is 6.07 Å². The molecule has 0 saturated carbocycles. The fourth-order valence-electron chi connectivity index (χ4n) is 1.84. The van der Waals surface area contributed by atoms with Crippen LogP contribution in [0.3, 0.4) is 0 Å². The monoisotopic (exact) mass is 233 g/mol. The van der Waals surface area contributed by atoms with Gasteiger partial charge in [-0.05, 0) is 18.6 Å². The van der Waals surface area contributed by atoms with Crippen LogP contribution >= 0.6 is 0 Å². The lowest BCUT2D eigenvalue weighted by Gasteiger charge is -2.11. The van der Waals surface area contributed by atoms with Crippen molar-refractivity contribution in [3.05, 3.63) is 29.6 Å². The number of rotatable bonds is 3. The Morgan fingerprint density at radius 2 is 2.29 bits per heavy atom.